The molecule has 0 spiro atoms. The minimum Gasteiger partial charge on any atom is -0.543 e. The number of nitrogens with one attached hydrogen (secondary N) is 1. The Morgan fingerprint density at radius 3 is 2.09 bits per heavy atom. The predicted octanol–water partition coefficient (Wildman–Crippen LogP) is -0.668. The molecule has 0 fully saturated rings. The molecule has 0 atom stereocenters. The quantitative estimate of drug-likeness (QED) is 0.677. The lowest BCUT2D eigenvalue weighted by Gasteiger charge is -2.02. The Morgan fingerprint density at radius 1 is 1.26 bits per heavy atom. The molecule has 0 aliphatic heterocycles. The van der Waals surface area contributed by atoms with Gasteiger partial charge in [0, 0.05) is 11.1 Å². The molecule has 1 heterocycles. The first-order valence-corrected chi connectivity index (χ1v) is 6.83. The van der Waals surface area contributed by atoms with Crippen molar-refractivity contribution in [3.63, 3.8) is 0 Å². The zero-order valence-corrected chi connectivity index (χ0v) is 13.0. The van der Waals surface area contributed by atoms with Crippen LogP contribution in [0.4, 0.5) is 5.69 Å². The number of nitrogens with zero attached hydrogens (tertiary/aromatic N) is 1. The Labute approximate surface area is 133 Å². The van der Waals surface area contributed by atoms with Crippen molar-refractivity contribution in [2.45, 2.75) is 26.7 Å². The summed E-state index contributed by atoms with van der Waals surface area (Å²) in [4.78, 5) is 20.2. The van der Waals surface area contributed by atoms with E-state index in [0.29, 0.717) is 0 Å². The average molecular weight is 323 g/mol. The molecule has 0 radical (unpaired) electrons. The molecule has 0 aliphatic carbocycles. The largest absolute Gasteiger partial charge is 0.543 e. The summed E-state index contributed by atoms with van der Waals surface area (Å²) in [6, 6.07) is 7.31. The third kappa shape index (κ3) is 5.53. The van der Waals surface area contributed by atoms with Crippen LogP contribution in [-0.4, -0.2) is 32.7 Å². The lowest BCUT2D eigenvalue weighted by molar-refractivity contribution is -0.257. The molecule has 2 aromatic rings. The van der Waals surface area contributed by atoms with Gasteiger partial charge in [0.15, 0.2) is 5.69 Å². The summed E-state index contributed by atoms with van der Waals surface area (Å²) in [5, 5.41) is 23.5. The smallest absolute Gasteiger partial charge is 0.356 e. The van der Waals surface area contributed by atoms with Crippen LogP contribution in [0.3, 0.4) is 0 Å². The highest BCUT2D eigenvalue weighted by molar-refractivity contribution is 5.90. The van der Waals surface area contributed by atoms with Crippen LogP contribution < -0.4 is 10.8 Å². The number of carbonyl (C=O) groups is 2. The highest BCUT2D eigenvalue weighted by Crippen LogP contribution is 2.16. The highest BCUT2D eigenvalue weighted by atomic mass is 16.4. The van der Waals surface area contributed by atoms with Crippen LogP contribution in [0.5, 0.6) is 0 Å². The Balaban J connectivity index is 0.000000403. The summed E-state index contributed by atoms with van der Waals surface area (Å²) < 4.78 is 0. The van der Waals surface area contributed by atoms with E-state index in [1.54, 1.807) is 0 Å². The van der Waals surface area contributed by atoms with Crippen LogP contribution in [0.15, 0.2) is 24.3 Å². The summed E-state index contributed by atoms with van der Waals surface area (Å²) in [5.74, 6) is -2.77. The number of aromatic amines is 1. The van der Waals surface area contributed by atoms with Crippen LogP contribution >= 0.6 is 0 Å². The van der Waals surface area contributed by atoms with Gasteiger partial charge in [0.1, 0.15) is 5.69 Å². The van der Waals surface area contributed by atoms with Gasteiger partial charge in [0.05, 0.1) is 11.7 Å². The second kappa shape index (κ2) is 9.34. The number of aromatic carboxylic acids is 2. The number of aryl methyl sites for hydroxylation is 2. The second-order valence-electron chi connectivity index (χ2n) is 4.52. The fraction of sp³-hybridized carbons (Fsp3) is 0.267. The van der Waals surface area contributed by atoms with Crippen molar-refractivity contribution in [3.8, 4) is 0 Å². The molecule has 1 aromatic carbocycles. The minimum absolute atomic E-state index is 0. The van der Waals surface area contributed by atoms with E-state index in [9.17, 15) is 14.7 Å². The summed E-state index contributed by atoms with van der Waals surface area (Å²) >= 11 is 0. The van der Waals surface area contributed by atoms with E-state index in [1.807, 2.05) is 5.10 Å². The third-order valence-electron chi connectivity index (χ3n) is 3.15. The van der Waals surface area contributed by atoms with Gasteiger partial charge in [0.2, 0.25) is 0 Å². The zero-order valence-electron chi connectivity index (χ0n) is 13.0. The lowest BCUT2D eigenvalue weighted by atomic mass is 10.0. The number of benzene rings is 1. The van der Waals surface area contributed by atoms with E-state index in [2.05, 4.69) is 42.9 Å². The molecular formula is C15H21N3O5. The van der Waals surface area contributed by atoms with E-state index < -0.39 is 11.9 Å². The Morgan fingerprint density at radius 2 is 1.78 bits per heavy atom. The number of carboxylic acid groups (broad SMARTS) is 2. The van der Waals surface area contributed by atoms with Gasteiger partial charge in [-0.1, -0.05) is 32.0 Å². The molecule has 0 saturated heterocycles. The molecule has 8 nitrogen and oxygen atoms in total. The predicted molar refractivity (Wildman–Crippen MR) is 81.2 cm³/mol. The van der Waals surface area contributed by atoms with Crippen molar-refractivity contribution in [2.24, 2.45) is 0 Å². The van der Waals surface area contributed by atoms with E-state index in [0.717, 1.165) is 18.9 Å². The first-order valence-electron chi connectivity index (χ1n) is 6.83. The van der Waals surface area contributed by atoms with E-state index in [-0.39, 0.29) is 16.9 Å². The normalized spacial score (nSPS) is 9.35. The van der Waals surface area contributed by atoms with Crippen molar-refractivity contribution in [1.29, 1.82) is 0 Å². The van der Waals surface area contributed by atoms with Crippen LogP contribution in [-0.2, 0) is 12.8 Å². The van der Waals surface area contributed by atoms with Gasteiger partial charge in [-0.2, -0.15) is 5.10 Å². The molecule has 8 heteroatoms. The first-order chi connectivity index (χ1) is 10.4. The molecule has 0 bridgehead atoms. The third-order valence-corrected chi connectivity index (χ3v) is 3.15. The maximum atomic E-state index is 10.1. The fourth-order valence-corrected chi connectivity index (χ4v) is 1.89. The number of aromatic nitrogens is 2. The van der Waals surface area contributed by atoms with Crippen LogP contribution in [0.2, 0.25) is 0 Å². The maximum Gasteiger partial charge on any atom is 0.356 e. The van der Waals surface area contributed by atoms with E-state index >= 15 is 0 Å². The standard InChI is InChI=1S/C10H15N.C5H4N2O4.H2O/c1-3-8-6-5-7-9(4-2)10(8)11;8-4(9)2-1-3(5(10)11)7-6-2;/h5-7H,3-4,11H2,1-2H3;1H,(H,6,7)(H,8,9)(H,10,11);1H2. The number of rotatable bonds is 4. The molecule has 0 amide bonds. The number of quaternary nitrogens is 1. The molecule has 0 saturated carbocycles. The van der Waals surface area contributed by atoms with Crippen LogP contribution in [0.25, 0.3) is 0 Å². The maximum absolute atomic E-state index is 10.1. The van der Waals surface area contributed by atoms with Gasteiger partial charge >= 0.3 is 5.97 Å². The second-order valence-corrected chi connectivity index (χ2v) is 4.52. The Kier molecular flexibility index (Phi) is 8.24. The van der Waals surface area contributed by atoms with Crippen molar-refractivity contribution in [1.82, 2.24) is 10.2 Å². The van der Waals surface area contributed by atoms with Gasteiger partial charge in [0.25, 0.3) is 0 Å². The van der Waals surface area contributed by atoms with E-state index in [4.69, 9.17) is 5.11 Å². The number of hydrogen-bond donors (Lipinski definition) is 3. The van der Waals surface area contributed by atoms with Gasteiger partial charge in [-0.25, -0.2) is 4.79 Å². The van der Waals surface area contributed by atoms with Gasteiger partial charge < -0.3 is 26.2 Å². The van der Waals surface area contributed by atoms with Gasteiger partial charge in [-0.3, -0.25) is 5.10 Å². The number of carboxylic acids is 2. The average Bonchev–Trinajstić information content (AvgIpc) is 2.98. The minimum atomic E-state index is -1.48. The van der Waals surface area contributed by atoms with Crippen molar-refractivity contribution < 1.29 is 31.0 Å². The Bertz CT molecular complexity index is 616. The lowest BCUT2D eigenvalue weighted by Crippen LogP contribution is -2.42. The zero-order chi connectivity index (χ0) is 16.7. The molecule has 126 valence electrons. The number of hydrogen-bond acceptors (Lipinski definition) is 4. The van der Waals surface area contributed by atoms with Gasteiger partial charge in [-0.15, -0.1) is 0 Å². The molecule has 0 aliphatic rings. The number of carbonyl (C=O) groups excluding carboxylic acids is 1. The molecular weight excluding hydrogens is 302 g/mol. The monoisotopic (exact) mass is 323 g/mol. The topological polar surface area (TPSA) is 165 Å². The molecule has 2 rings (SSSR count). The highest BCUT2D eigenvalue weighted by Gasteiger charge is 2.07. The molecule has 7 N–H and O–H groups in total. The van der Waals surface area contributed by atoms with Crippen LogP contribution in [0, 0.1) is 0 Å². The molecule has 0 unspecified atom stereocenters. The van der Waals surface area contributed by atoms with Crippen LogP contribution in [0.1, 0.15) is 46.0 Å². The van der Waals surface area contributed by atoms with Crippen molar-refractivity contribution >= 4 is 17.6 Å². The SMILES string of the molecule is CCc1cccc(CC)c1[NH3+].O.O=C(O)c1cc(C(=O)[O-])[nH]n1. The summed E-state index contributed by atoms with van der Waals surface area (Å²) in [6.45, 7) is 4.34. The van der Waals surface area contributed by atoms with Crippen molar-refractivity contribution in [3.05, 3.63) is 46.8 Å². The van der Waals surface area contributed by atoms with Gasteiger partial charge in [-0.05, 0) is 18.9 Å². The Hall–Kier alpha value is -2.71. The fourth-order valence-electron chi connectivity index (χ4n) is 1.89. The van der Waals surface area contributed by atoms with Crippen molar-refractivity contribution in [2.75, 3.05) is 0 Å². The molecule has 1 aromatic heterocycles. The summed E-state index contributed by atoms with van der Waals surface area (Å²) in [6.07, 6.45) is 2.18. The first kappa shape index (κ1) is 20.3. The van der Waals surface area contributed by atoms with E-state index in [1.165, 1.54) is 16.8 Å². The molecule has 23 heavy (non-hydrogen) atoms. The number of H-pyrrole nitrogens is 1. The summed E-state index contributed by atoms with van der Waals surface area (Å²) in [5.41, 5.74) is 7.37. The summed E-state index contributed by atoms with van der Waals surface area (Å²) in [7, 11) is 0.